The third-order valence-corrected chi connectivity index (χ3v) is 5.87. The quantitative estimate of drug-likeness (QED) is 0.115. The highest BCUT2D eigenvalue weighted by molar-refractivity contribution is 6.06. The molecule has 1 saturated heterocycles. The Labute approximate surface area is 182 Å². The number of azide groups is 1. The van der Waals surface area contributed by atoms with Crippen molar-refractivity contribution < 1.29 is 14.5 Å². The molecule has 0 aromatic rings. The number of quaternary nitrogens is 1. The molecule has 0 spiro atoms. The maximum absolute atomic E-state index is 12.3. The molecule has 0 aliphatic carbocycles. The number of hydrogen-bond donors (Lipinski definition) is 2. The Kier molecular flexibility index (Phi) is 13.2. The number of hydrogen-bond acceptors (Lipinski definition) is 3. The minimum absolute atomic E-state index is 0.155. The van der Waals surface area contributed by atoms with Crippen molar-refractivity contribution >= 4 is 11.9 Å². The predicted octanol–water partition coefficient (Wildman–Crippen LogP) is 3.82. The van der Waals surface area contributed by atoms with Gasteiger partial charge in [0.05, 0.1) is 26.2 Å². The molecule has 0 bridgehead atoms. The van der Waals surface area contributed by atoms with Crippen molar-refractivity contribution in [3.8, 4) is 0 Å². The van der Waals surface area contributed by atoms with Crippen LogP contribution in [0.3, 0.4) is 0 Å². The van der Waals surface area contributed by atoms with Gasteiger partial charge in [0.2, 0.25) is 0 Å². The molecular weight excluding hydrogens is 380 g/mol. The largest absolute Gasteiger partial charge is 0.335 e. The second-order valence-electron chi connectivity index (χ2n) is 9.00. The minimum atomic E-state index is -0.804. The smallest absolute Gasteiger partial charge is 0.325 e. The van der Waals surface area contributed by atoms with E-state index in [4.69, 9.17) is 5.53 Å². The van der Waals surface area contributed by atoms with Gasteiger partial charge in [-0.3, -0.25) is 9.69 Å². The van der Waals surface area contributed by atoms with Gasteiger partial charge in [-0.2, -0.15) is 0 Å². The van der Waals surface area contributed by atoms with Gasteiger partial charge in [-0.1, -0.05) is 63.4 Å². The molecule has 1 heterocycles. The van der Waals surface area contributed by atoms with Gasteiger partial charge in [0.25, 0.3) is 5.91 Å². The van der Waals surface area contributed by atoms with Crippen LogP contribution >= 0.6 is 0 Å². The minimum Gasteiger partial charge on any atom is -0.335 e. The lowest BCUT2D eigenvalue weighted by Gasteiger charge is -2.20. The van der Waals surface area contributed by atoms with Crippen molar-refractivity contribution in [2.75, 3.05) is 32.7 Å². The van der Waals surface area contributed by atoms with Crippen LogP contribution in [0, 0.1) is 0 Å². The topological polar surface area (TPSA) is 103 Å². The SMILES string of the molecule is CCCCCCCCCCCC[NH+](CCCN1C(=O)NC(C)(C)C1=O)CCN=[N+]=[N-]. The molecule has 0 saturated carbocycles. The summed E-state index contributed by atoms with van der Waals surface area (Å²) in [6.07, 6.45) is 13.9. The van der Waals surface area contributed by atoms with E-state index in [2.05, 4.69) is 22.3 Å². The van der Waals surface area contributed by atoms with Crippen LogP contribution in [0.25, 0.3) is 10.4 Å². The Morgan fingerprint density at radius 2 is 1.50 bits per heavy atom. The van der Waals surface area contributed by atoms with E-state index >= 15 is 0 Å². The molecule has 1 atom stereocenters. The zero-order chi connectivity index (χ0) is 22.2. The summed E-state index contributed by atoms with van der Waals surface area (Å²) in [4.78, 5) is 29.8. The molecule has 1 rings (SSSR count). The summed E-state index contributed by atoms with van der Waals surface area (Å²) in [6.45, 7) is 9.36. The Hall–Kier alpha value is -1.79. The second-order valence-corrected chi connectivity index (χ2v) is 9.00. The molecule has 0 aromatic carbocycles. The number of amides is 3. The maximum Gasteiger partial charge on any atom is 0.325 e. The lowest BCUT2D eigenvalue weighted by atomic mass is 10.1. The van der Waals surface area contributed by atoms with Crippen LogP contribution in [0.2, 0.25) is 0 Å². The van der Waals surface area contributed by atoms with E-state index in [1.54, 1.807) is 13.8 Å². The fourth-order valence-electron chi connectivity index (χ4n) is 4.00. The van der Waals surface area contributed by atoms with E-state index in [1.165, 1.54) is 67.6 Å². The fourth-order valence-corrected chi connectivity index (χ4v) is 4.00. The zero-order valence-electron chi connectivity index (χ0n) is 19.4. The lowest BCUT2D eigenvalue weighted by molar-refractivity contribution is -0.899. The molecule has 1 fully saturated rings. The summed E-state index contributed by atoms with van der Waals surface area (Å²) < 4.78 is 0. The summed E-state index contributed by atoms with van der Waals surface area (Å²) in [7, 11) is 0. The van der Waals surface area contributed by atoms with Crippen LogP contribution < -0.4 is 10.2 Å². The number of unbranched alkanes of at least 4 members (excludes halogenated alkanes) is 9. The second kappa shape index (κ2) is 15.1. The fraction of sp³-hybridized carbons (Fsp3) is 0.909. The predicted molar refractivity (Wildman–Crippen MR) is 120 cm³/mol. The van der Waals surface area contributed by atoms with Gasteiger partial charge in [0, 0.05) is 17.9 Å². The van der Waals surface area contributed by atoms with Crippen LogP contribution in [-0.4, -0.2) is 55.1 Å². The van der Waals surface area contributed by atoms with Crippen molar-refractivity contribution in [2.45, 2.75) is 96.9 Å². The Balaban J connectivity index is 2.23. The molecule has 2 N–H and O–H groups in total. The Morgan fingerprint density at radius 1 is 0.933 bits per heavy atom. The van der Waals surface area contributed by atoms with E-state index in [1.807, 2.05) is 0 Å². The third kappa shape index (κ3) is 10.3. The lowest BCUT2D eigenvalue weighted by Crippen LogP contribution is -3.12. The molecule has 1 aliphatic rings. The number of nitrogens with one attached hydrogen (secondary N) is 2. The van der Waals surface area contributed by atoms with Gasteiger partial charge in [0.15, 0.2) is 0 Å². The Morgan fingerprint density at radius 3 is 2.03 bits per heavy atom. The monoisotopic (exact) mass is 423 g/mol. The first-order valence-electron chi connectivity index (χ1n) is 11.9. The molecule has 1 aliphatic heterocycles. The first-order chi connectivity index (χ1) is 14.4. The molecule has 0 aromatic heterocycles. The van der Waals surface area contributed by atoms with E-state index in [0.29, 0.717) is 13.1 Å². The number of rotatable bonds is 18. The standard InChI is InChI=1S/C22H42N6O2/c1-4-5-6-7-8-9-10-11-12-13-16-27(19-15-24-26-23)17-14-18-28-20(29)22(2,3)25-21(28)30/h4-19H2,1-3H3,(H,25,30)/p+1. The van der Waals surface area contributed by atoms with Gasteiger partial charge in [0.1, 0.15) is 5.54 Å². The summed E-state index contributed by atoms with van der Waals surface area (Å²) in [5.74, 6) is -0.155. The number of carbonyl (C=O) groups excluding carboxylic acids is 2. The number of carbonyl (C=O) groups is 2. The van der Waals surface area contributed by atoms with E-state index in [9.17, 15) is 9.59 Å². The first-order valence-corrected chi connectivity index (χ1v) is 11.9. The van der Waals surface area contributed by atoms with Crippen molar-refractivity contribution in [3.05, 3.63) is 10.4 Å². The number of imide groups is 1. The van der Waals surface area contributed by atoms with Crippen molar-refractivity contribution in [1.29, 1.82) is 0 Å². The summed E-state index contributed by atoms with van der Waals surface area (Å²) in [5.41, 5.74) is 7.73. The van der Waals surface area contributed by atoms with Crippen LogP contribution in [-0.2, 0) is 4.79 Å². The summed E-state index contributed by atoms with van der Waals surface area (Å²) >= 11 is 0. The van der Waals surface area contributed by atoms with Crippen LogP contribution in [0.1, 0.15) is 91.4 Å². The van der Waals surface area contributed by atoms with Gasteiger partial charge >= 0.3 is 6.03 Å². The average molecular weight is 424 g/mol. The van der Waals surface area contributed by atoms with Gasteiger partial charge in [-0.15, -0.1) is 0 Å². The van der Waals surface area contributed by atoms with Crippen LogP contribution in [0.5, 0.6) is 0 Å². The highest BCUT2D eigenvalue weighted by atomic mass is 16.2. The first kappa shape index (κ1) is 26.2. The molecule has 0 radical (unpaired) electrons. The molecule has 1 unspecified atom stereocenters. The highest BCUT2D eigenvalue weighted by Gasteiger charge is 2.43. The number of urea groups is 1. The van der Waals surface area contributed by atoms with Gasteiger partial charge in [-0.25, -0.2) is 4.79 Å². The van der Waals surface area contributed by atoms with Crippen molar-refractivity contribution in [1.82, 2.24) is 10.2 Å². The zero-order valence-corrected chi connectivity index (χ0v) is 19.4. The normalized spacial score (nSPS) is 16.4. The molecule has 30 heavy (non-hydrogen) atoms. The van der Waals surface area contributed by atoms with Crippen LogP contribution in [0.4, 0.5) is 4.79 Å². The molecular formula is C22H43N6O2+. The summed E-state index contributed by atoms with van der Waals surface area (Å²) in [6, 6.07) is -0.296. The van der Waals surface area contributed by atoms with E-state index in [-0.39, 0.29) is 11.9 Å². The van der Waals surface area contributed by atoms with E-state index < -0.39 is 5.54 Å². The third-order valence-electron chi connectivity index (χ3n) is 5.87. The maximum atomic E-state index is 12.3. The highest BCUT2D eigenvalue weighted by Crippen LogP contribution is 2.16. The van der Waals surface area contributed by atoms with Crippen molar-refractivity contribution in [3.63, 3.8) is 0 Å². The number of nitrogens with zero attached hydrogens (tertiary/aromatic N) is 4. The average Bonchev–Trinajstić information content (AvgIpc) is 2.90. The van der Waals surface area contributed by atoms with Gasteiger partial charge in [-0.05, 0) is 32.2 Å². The van der Waals surface area contributed by atoms with Crippen LogP contribution in [0.15, 0.2) is 5.11 Å². The van der Waals surface area contributed by atoms with E-state index in [0.717, 1.165) is 32.5 Å². The van der Waals surface area contributed by atoms with Gasteiger partial charge < -0.3 is 10.2 Å². The molecule has 8 nitrogen and oxygen atoms in total. The van der Waals surface area contributed by atoms with Crippen molar-refractivity contribution in [2.24, 2.45) is 5.11 Å². The Bertz CT molecular complexity index is 560. The molecule has 3 amide bonds. The molecule has 172 valence electrons. The summed E-state index contributed by atoms with van der Waals surface area (Å²) in [5, 5.41) is 6.39. The molecule has 8 heteroatoms.